The lowest BCUT2D eigenvalue weighted by Gasteiger charge is -2.27. The quantitative estimate of drug-likeness (QED) is 0.401. The molecule has 1 aliphatic heterocycles. The summed E-state index contributed by atoms with van der Waals surface area (Å²) in [5, 5.41) is 0. The summed E-state index contributed by atoms with van der Waals surface area (Å²) < 4.78 is 13.5. The van der Waals surface area contributed by atoms with Gasteiger partial charge in [0.25, 0.3) is 5.52 Å². The molecule has 2 unspecified atom stereocenters. The van der Waals surface area contributed by atoms with E-state index in [1.165, 1.54) is 41.8 Å². The van der Waals surface area contributed by atoms with Crippen LogP contribution in [0.25, 0.3) is 23.3 Å². The number of oxazole rings is 1. The predicted molar refractivity (Wildman–Crippen MR) is 128 cm³/mol. The minimum atomic E-state index is 0. The average Bonchev–Trinajstić information content (AvgIpc) is 3.51. The van der Waals surface area contributed by atoms with Crippen LogP contribution in [-0.2, 0) is 7.05 Å². The predicted octanol–water partition coefficient (Wildman–Crippen LogP) is 3.23. The zero-order valence-electron chi connectivity index (χ0n) is 18.9. The summed E-state index contributed by atoms with van der Waals surface area (Å²) >= 11 is 0. The van der Waals surface area contributed by atoms with Gasteiger partial charge in [-0.25, -0.2) is 0 Å². The van der Waals surface area contributed by atoms with Crippen LogP contribution < -0.4 is 31.2 Å². The van der Waals surface area contributed by atoms with Gasteiger partial charge in [0, 0.05) is 29.4 Å². The highest BCUT2D eigenvalue weighted by Crippen LogP contribution is 2.52. The SMILES string of the molecule is COc1ccc(N2c3ccc(/C=C/c4oc5ccccc5[n+]4C)cc3C3CCCC32)cc1.[Br-]. The third kappa shape index (κ3) is 3.65. The van der Waals surface area contributed by atoms with Gasteiger partial charge >= 0.3 is 5.89 Å². The van der Waals surface area contributed by atoms with Gasteiger partial charge in [-0.05, 0) is 72.5 Å². The van der Waals surface area contributed by atoms with Crippen LogP contribution in [-0.4, -0.2) is 13.2 Å². The first-order valence-corrected chi connectivity index (χ1v) is 11.4. The van der Waals surface area contributed by atoms with Gasteiger partial charge in [-0.2, -0.15) is 4.57 Å². The molecule has 0 bridgehead atoms. The molecule has 1 aromatic heterocycles. The number of nitrogens with zero attached hydrogens (tertiary/aromatic N) is 2. The number of hydrogen-bond donors (Lipinski definition) is 0. The second-order valence-electron chi connectivity index (χ2n) is 8.79. The Kier molecular flexibility index (Phi) is 5.75. The molecule has 2 heterocycles. The summed E-state index contributed by atoms with van der Waals surface area (Å²) in [6.45, 7) is 0. The molecule has 0 amide bonds. The molecule has 0 saturated heterocycles. The second-order valence-corrected chi connectivity index (χ2v) is 8.79. The number of aromatic nitrogens is 1. The molecule has 33 heavy (non-hydrogen) atoms. The topological polar surface area (TPSA) is 29.5 Å². The van der Waals surface area contributed by atoms with Crippen molar-refractivity contribution < 1.29 is 30.7 Å². The second kappa shape index (κ2) is 8.71. The third-order valence-electron chi connectivity index (χ3n) is 7.06. The molecule has 1 fully saturated rings. The number of para-hydroxylation sites is 2. The van der Waals surface area contributed by atoms with Gasteiger partial charge in [-0.1, -0.05) is 24.6 Å². The van der Waals surface area contributed by atoms with Gasteiger partial charge in [0.2, 0.25) is 5.58 Å². The Balaban J connectivity index is 0.00000228. The van der Waals surface area contributed by atoms with Gasteiger partial charge in [0.15, 0.2) is 0 Å². The van der Waals surface area contributed by atoms with E-state index in [1.807, 2.05) is 25.2 Å². The van der Waals surface area contributed by atoms with E-state index in [0.717, 1.165) is 22.7 Å². The molecule has 0 N–H and O–H groups in total. The molecule has 168 valence electrons. The highest BCUT2D eigenvalue weighted by atomic mass is 79.9. The molecule has 2 aliphatic rings. The number of halogens is 1. The van der Waals surface area contributed by atoms with E-state index in [9.17, 15) is 0 Å². The van der Waals surface area contributed by atoms with Crippen LogP contribution in [0.1, 0.15) is 42.2 Å². The largest absolute Gasteiger partial charge is 1.00 e. The smallest absolute Gasteiger partial charge is 0.373 e. The molecule has 3 aromatic carbocycles. The Bertz CT molecular complexity index is 1330. The molecular weight excluding hydrogens is 476 g/mol. The molecule has 0 radical (unpaired) electrons. The first-order chi connectivity index (χ1) is 15.7. The highest BCUT2D eigenvalue weighted by Gasteiger charge is 2.42. The van der Waals surface area contributed by atoms with E-state index in [-0.39, 0.29) is 17.0 Å². The van der Waals surface area contributed by atoms with Crippen molar-refractivity contribution >= 4 is 34.6 Å². The van der Waals surface area contributed by atoms with E-state index < -0.39 is 0 Å². The van der Waals surface area contributed by atoms with Gasteiger partial charge in [0.05, 0.1) is 13.2 Å². The Morgan fingerprint density at radius 3 is 2.61 bits per heavy atom. The van der Waals surface area contributed by atoms with Crippen LogP contribution in [0.15, 0.2) is 71.1 Å². The Morgan fingerprint density at radius 1 is 1.00 bits per heavy atom. The van der Waals surface area contributed by atoms with Crippen LogP contribution >= 0.6 is 0 Å². The molecule has 1 aliphatic carbocycles. The lowest BCUT2D eigenvalue weighted by molar-refractivity contribution is -0.651. The zero-order chi connectivity index (χ0) is 21.7. The van der Waals surface area contributed by atoms with Crippen molar-refractivity contribution in [1.82, 2.24) is 0 Å². The number of aryl methyl sites for hydroxylation is 1. The molecule has 5 heteroatoms. The lowest BCUT2D eigenvalue weighted by Crippen LogP contribution is -3.00. The summed E-state index contributed by atoms with van der Waals surface area (Å²) in [7, 11) is 3.76. The Morgan fingerprint density at radius 2 is 1.82 bits per heavy atom. The fourth-order valence-corrected chi connectivity index (χ4v) is 5.49. The van der Waals surface area contributed by atoms with Gasteiger partial charge in [-0.15, -0.1) is 0 Å². The summed E-state index contributed by atoms with van der Waals surface area (Å²) in [5.74, 6) is 2.35. The molecule has 0 spiro atoms. The number of benzene rings is 3. The summed E-state index contributed by atoms with van der Waals surface area (Å²) in [4.78, 5) is 2.54. The zero-order valence-corrected chi connectivity index (χ0v) is 20.5. The van der Waals surface area contributed by atoms with E-state index in [0.29, 0.717) is 12.0 Å². The molecule has 6 rings (SSSR count). The molecule has 1 saturated carbocycles. The van der Waals surface area contributed by atoms with Crippen molar-refractivity contribution in [2.24, 2.45) is 7.05 Å². The van der Waals surface area contributed by atoms with E-state index in [4.69, 9.17) is 9.15 Å². The van der Waals surface area contributed by atoms with Crippen LogP contribution in [0.4, 0.5) is 11.4 Å². The van der Waals surface area contributed by atoms with Gasteiger partial charge < -0.3 is 31.0 Å². The van der Waals surface area contributed by atoms with Crippen molar-refractivity contribution in [2.75, 3.05) is 12.0 Å². The Labute approximate surface area is 204 Å². The molecular formula is C28H27BrN2O2. The number of hydrogen-bond acceptors (Lipinski definition) is 3. The Hall–Kier alpha value is -3.05. The van der Waals surface area contributed by atoms with Crippen molar-refractivity contribution in [1.29, 1.82) is 0 Å². The van der Waals surface area contributed by atoms with E-state index >= 15 is 0 Å². The maximum Gasteiger partial charge on any atom is 0.373 e. The standard InChI is InChI=1S/C28H27N2O2.BrH/c1-29-26-7-3-4-9-27(26)32-28(29)17-11-19-10-16-25-23(18-19)22-6-5-8-24(22)30(25)20-12-14-21(31-2)15-13-20;/h3-4,7,9-18,22,24H,5-6,8H2,1-2H3;1H/q+1;/p-1. The van der Waals surface area contributed by atoms with E-state index in [1.54, 1.807) is 7.11 Å². The first kappa shape index (κ1) is 21.8. The summed E-state index contributed by atoms with van der Waals surface area (Å²) in [6.07, 6.45) is 8.03. The lowest BCUT2D eigenvalue weighted by atomic mass is 9.96. The molecule has 2 atom stereocenters. The van der Waals surface area contributed by atoms with E-state index in [2.05, 4.69) is 70.1 Å². The van der Waals surface area contributed by atoms with Crippen LogP contribution in [0, 0.1) is 0 Å². The van der Waals surface area contributed by atoms with Gasteiger partial charge in [0.1, 0.15) is 12.8 Å². The van der Waals surface area contributed by atoms with Crippen molar-refractivity contribution in [3.63, 3.8) is 0 Å². The molecule has 4 nitrogen and oxygen atoms in total. The van der Waals surface area contributed by atoms with Crippen LogP contribution in [0.5, 0.6) is 5.75 Å². The normalized spacial score (nSPS) is 19.0. The van der Waals surface area contributed by atoms with Crippen molar-refractivity contribution in [3.05, 3.63) is 83.7 Å². The average molecular weight is 503 g/mol. The minimum Gasteiger partial charge on any atom is -1.00 e. The van der Waals surface area contributed by atoms with Crippen molar-refractivity contribution in [2.45, 2.75) is 31.2 Å². The number of anilines is 2. The number of ether oxygens (including phenoxy) is 1. The third-order valence-corrected chi connectivity index (χ3v) is 7.06. The van der Waals surface area contributed by atoms with Crippen LogP contribution in [0.2, 0.25) is 0 Å². The first-order valence-electron chi connectivity index (χ1n) is 11.4. The van der Waals surface area contributed by atoms with Crippen LogP contribution in [0.3, 0.4) is 0 Å². The summed E-state index contributed by atoms with van der Waals surface area (Å²) in [6, 6.07) is 24.0. The number of rotatable bonds is 4. The fourth-order valence-electron chi connectivity index (χ4n) is 5.49. The highest BCUT2D eigenvalue weighted by molar-refractivity contribution is 5.77. The number of methoxy groups -OCH3 is 1. The fraction of sp³-hybridized carbons (Fsp3) is 0.250. The maximum absolute atomic E-state index is 6.03. The van der Waals surface area contributed by atoms with Crippen molar-refractivity contribution in [3.8, 4) is 5.75 Å². The summed E-state index contributed by atoms with van der Waals surface area (Å²) in [5.41, 5.74) is 7.29. The maximum atomic E-state index is 6.03. The minimum absolute atomic E-state index is 0. The van der Waals surface area contributed by atoms with Gasteiger partial charge in [-0.3, -0.25) is 0 Å². The monoisotopic (exact) mass is 502 g/mol. The number of fused-ring (bicyclic) bond motifs is 4. The molecule has 4 aromatic rings.